The number of nitrogens with two attached hydrogens (primary N) is 1. The van der Waals surface area contributed by atoms with Gasteiger partial charge in [-0.3, -0.25) is 0 Å². The molecule has 0 aromatic heterocycles. The van der Waals surface area contributed by atoms with Gasteiger partial charge in [0.1, 0.15) is 0 Å². The molecule has 0 aliphatic heterocycles. The van der Waals surface area contributed by atoms with Crippen LogP contribution in [0.25, 0.3) is 0 Å². The van der Waals surface area contributed by atoms with Crippen LogP contribution in [-0.4, -0.2) is 12.2 Å². The average molecular weight is 252 g/mol. The smallest absolute Gasteiger partial charge is 0.338 e. The first-order valence-corrected chi connectivity index (χ1v) is 4.08. The van der Waals surface area contributed by atoms with E-state index in [4.69, 9.17) is 5.73 Å². The number of aliphatic imine (C=N–C) groups is 1. The first kappa shape index (κ1) is 9.61. The van der Waals surface area contributed by atoms with Crippen LogP contribution in [0.15, 0.2) is 14.6 Å². The number of amides is 2. The van der Waals surface area contributed by atoms with Gasteiger partial charge in [-0.15, -0.1) is 0 Å². The molecule has 0 radical (unpaired) electrons. The molecule has 0 saturated carbocycles. The maximum absolute atomic E-state index is 10.1. The first-order chi connectivity index (χ1) is 4.70. The van der Waals surface area contributed by atoms with E-state index in [9.17, 15) is 4.79 Å². The summed E-state index contributed by atoms with van der Waals surface area (Å²) in [4.78, 5) is 13.5. The average Bonchev–Trinajstić information content (AvgIpc) is 1.90. The van der Waals surface area contributed by atoms with Crippen LogP contribution in [0.2, 0.25) is 0 Å². The SMILES string of the molecule is CC/C(C=NC(N)=O)=C/I. The van der Waals surface area contributed by atoms with Crippen molar-refractivity contribution in [1.82, 2.24) is 0 Å². The van der Waals surface area contributed by atoms with E-state index in [0.717, 1.165) is 12.0 Å². The van der Waals surface area contributed by atoms with Gasteiger partial charge in [0.15, 0.2) is 0 Å². The Morgan fingerprint density at radius 3 is 2.70 bits per heavy atom. The predicted octanol–water partition coefficient (Wildman–Crippen LogP) is 1.86. The summed E-state index contributed by atoms with van der Waals surface area (Å²) in [5.41, 5.74) is 5.78. The molecule has 2 amide bonds. The Morgan fingerprint density at radius 2 is 2.40 bits per heavy atom. The maximum Gasteiger partial charge on any atom is 0.338 e. The monoisotopic (exact) mass is 252 g/mol. The molecular weight excluding hydrogens is 243 g/mol. The van der Waals surface area contributed by atoms with E-state index in [0.29, 0.717) is 0 Å². The molecule has 0 bridgehead atoms. The van der Waals surface area contributed by atoms with Crippen molar-refractivity contribution in [3.05, 3.63) is 9.66 Å². The zero-order valence-corrected chi connectivity index (χ0v) is 7.83. The molecule has 0 aromatic rings. The fourth-order valence-electron chi connectivity index (χ4n) is 0.343. The Bertz CT molecular complexity index is 175. The summed E-state index contributed by atoms with van der Waals surface area (Å²) in [7, 11) is 0. The zero-order valence-electron chi connectivity index (χ0n) is 5.67. The van der Waals surface area contributed by atoms with E-state index in [1.54, 1.807) is 0 Å². The number of rotatable bonds is 2. The number of carbonyl (C=O) groups excluding carboxylic acids is 1. The summed E-state index contributed by atoms with van der Waals surface area (Å²) in [6.07, 6.45) is 2.34. The van der Waals surface area contributed by atoms with E-state index in [-0.39, 0.29) is 0 Å². The van der Waals surface area contributed by atoms with Gasteiger partial charge >= 0.3 is 6.03 Å². The van der Waals surface area contributed by atoms with Crippen LogP contribution in [0.5, 0.6) is 0 Å². The summed E-state index contributed by atoms with van der Waals surface area (Å²) in [6.45, 7) is 1.98. The zero-order chi connectivity index (χ0) is 7.98. The lowest BCUT2D eigenvalue weighted by Crippen LogP contribution is -2.04. The fraction of sp³-hybridized carbons (Fsp3) is 0.333. The minimum absolute atomic E-state index is 0.649. The molecule has 0 heterocycles. The van der Waals surface area contributed by atoms with Crippen LogP contribution in [0.4, 0.5) is 4.79 Å². The van der Waals surface area contributed by atoms with Gasteiger partial charge < -0.3 is 5.73 Å². The van der Waals surface area contributed by atoms with Crippen LogP contribution in [0.1, 0.15) is 13.3 Å². The summed E-state index contributed by atoms with van der Waals surface area (Å²) < 4.78 is 1.87. The van der Waals surface area contributed by atoms with Crippen molar-refractivity contribution in [2.45, 2.75) is 13.3 Å². The second kappa shape index (κ2) is 5.40. The van der Waals surface area contributed by atoms with Gasteiger partial charge in [0, 0.05) is 6.21 Å². The fourth-order valence-corrected chi connectivity index (χ4v) is 0.944. The maximum atomic E-state index is 10.1. The third kappa shape index (κ3) is 4.49. The highest BCUT2D eigenvalue weighted by molar-refractivity contribution is 14.1. The van der Waals surface area contributed by atoms with E-state index in [1.165, 1.54) is 6.21 Å². The van der Waals surface area contributed by atoms with Crippen molar-refractivity contribution in [2.24, 2.45) is 10.7 Å². The van der Waals surface area contributed by atoms with Gasteiger partial charge in [0.2, 0.25) is 0 Å². The first-order valence-electron chi connectivity index (χ1n) is 2.83. The summed E-state index contributed by atoms with van der Waals surface area (Å²) in [5, 5.41) is 0. The van der Waals surface area contributed by atoms with Gasteiger partial charge in [-0.2, -0.15) is 0 Å². The van der Waals surface area contributed by atoms with E-state index >= 15 is 0 Å². The molecule has 0 fully saturated rings. The quantitative estimate of drug-likeness (QED) is 0.591. The Labute approximate surface area is 73.5 Å². The van der Waals surface area contributed by atoms with Gasteiger partial charge in [-0.05, 0) is 16.1 Å². The molecule has 10 heavy (non-hydrogen) atoms. The van der Waals surface area contributed by atoms with Crippen LogP contribution in [-0.2, 0) is 0 Å². The third-order valence-electron chi connectivity index (χ3n) is 0.906. The minimum Gasteiger partial charge on any atom is -0.350 e. The van der Waals surface area contributed by atoms with Crippen molar-refractivity contribution in [2.75, 3.05) is 0 Å². The Kier molecular flexibility index (Phi) is 5.19. The Hall–Kier alpha value is -0.390. The predicted molar refractivity (Wildman–Crippen MR) is 50.5 cm³/mol. The van der Waals surface area contributed by atoms with Crippen LogP contribution in [0, 0.1) is 0 Å². The van der Waals surface area contributed by atoms with Gasteiger partial charge in [0.05, 0.1) is 0 Å². The highest BCUT2D eigenvalue weighted by Gasteiger charge is 1.87. The highest BCUT2D eigenvalue weighted by Crippen LogP contribution is 2.00. The van der Waals surface area contributed by atoms with Crippen LogP contribution >= 0.6 is 22.6 Å². The lowest BCUT2D eigenvalue weighted by atomic mass is 10.3. The molecule has 0 unspecified atom stereocenters. The number of carbonyl (C=O) groups is 1. The number of primary amides is 1. The second-order valence-electron chi connectivity index (χ2n) is 1.63. The molecule has 0 rings (SSSR count). The molecule has 3 nitrogen and oxygen atoms in total. The van der Waals surface area contributed by atoms with Crippen molar-refractivity contribution in [3.8, 4) is 0 Å². The molecule has 0 aromatic carbocycles. The summed E-state index contributed by atoms with van der Waals surface area (Å²) >= 11 is 2.09. The Balaban J connectivity index is 3.98. The molecule has 56 valence electrons. The molecule has 0 aliphatic carbocycles. The molecular formula is C6H9IN2O. The number of urea groups is 1. The molecule has 0 spiro atoms. The van der Waals surface area contributed by atoms with E-state index < -0.39 is 6.03 Å². The van der Waals surface area contributed by atoms with Crippen LogP contribution in [0.3, 0.4) is 0 Å². The van der Waals surface area contributed by atoms with E-state index in [1.807, 2.05) is 11.0 Å². The molecule has 0 aliphatic rings. The van der Waals surface area contributed by atoms with Crippen molar-refractivity contribution < 1.29 is 4.79 Å². The number of halogens is 1. The highest BCUT2D eigenvalue weighted by atomic mass is 127. The van der Waals surface area contributed by atoms with Gasteiger partial charge in [-0.1, -0.05) is 29.5 Å². The summed E-state index contributed by atoms with van der Waals surface area (Å²) in [5.74, 6) is 0. The molecule has 0 atom stereocenters. The van der Waals surface area contributed by atoms with Crippen LogP contribution < -0.4 is 5.73 Å². The van der Waals surface area contributed by atoms with Crippen molar-refractivity contribution in [3.63, 3.8) is 0 Å². The Morgan fingerprint density at radius 1 is 1.80 bits per heavy atom. The summed E-state index contributed by atoms with van der Waals surface area (Å²) in [6, 6.07) is -0.649. The van der Waals surface area contributed by atoms with Gasteiger partial charge in [0.25, 0.3) is 0 Å². The standard InChI is InChI=1S/C6H9IN2O/c1-2-5(3-7)4-9-6(8)10/h3-4H,2H2,1H3,(H2,8,10)/b5-3-,9-4?. The lowest BCUT2D eigenvalue weighted by Gasteiger charge is -1.89. The number of hydrogen-bond donors (Lipinski definition) is 1. The van der Waals surface area contributed by atoms with E-state index in [2.05, 4.69) is 27.6 Å². The third-order valence-corrected chi connectivity index (χ3v) is 1.71. The van der Waals surface area contributed by atoms with Gasteiger partial charge in [-0.25, -0.2) is 9.79 Å². The largest absolute Gasteiger partial charge is 0.350 e. The molecule has 4 heteroatoms. The number of allylic oxidation sites excluding steroid dienone is 1. The number of hydrogen-bond acceptors (Lipinski definition) is 1. The lowest BCUT2D eigenvalue weighted by molar-refractivity contribution is 0.257. The topological polar surface area (TPSA) is 55.4 Å². The van der Waals surface area contributed by atoms with Crippen molar-refractivity contribution in [1.29, 1.82) is 0 Å². The normalized spacial score (nSPS) is 12.4. The molecule has 0 saturated heterocycles. The molecule has 2 N–H and O–H groups in total. The minimum atomic E-state index is -0.649. The number of nitrogens with zero attached hydrogens (tertiary/aromatic N) is 1. The van der Waals surface area contributed by atoms with Crippen molar-refractivity contribution >= 4 is 34.8 Å². The second-order valence-corrected chi connectivity index (χ2v) is 2.26.